The average Bonchev–Trinajstić information content (AvgIpc) is 3.07. The second kappa shape index (κ2) is 8.10. The molecule has 0 aromatic heterocycles. The Morgan fingerprint density at radius 1 is 1.17 bits per heavy atom. The van der Waals surface area contributed by atoms with Crippen LogP contribution in [0.5, 0.6) is 5.75 Å². The van der Waals surface area contributed by atoms with Gasteiger partial charge < -0.3 is 9.84 Å². The third-order valence-corrected chi connectivity index (χ3v) is 4.95. The van der Waals surface area contributed by atoms with Crippen molar-refractivity contribution >= 4 is 11.6 Å². The standard InChI is InChI=1S/C22H23F3N2O3/c1-14(2)19-12-21(29,22(23,24)25)27(26-19)20(28)17-8-10-18(11-9-17)30-13-16-6-4-15(3)5-7-16/h4-11,14,29H,12-13H2,1-3H3/t21-/m1/s1. The van der Waals surface area contributed by atoms with Crippen molar-refractivity contribution in [2.45, 2.75) is 45.7 Å². The van der Waals surface area contributed by atoms with Crippen molar-refractivity contribution < 1.29 is 27.8 Å². The Morgan fingerprint density at radius 3 is 2.30 bits per heavy atom. The Morgan fingerprint density at radius 2 is 1.77 bits per heavy atom. The Labute approximate surface area is 172 Å². The fourth-order valence-corrected chi connectivity index (χ4v) is 2.99. The predicted molar refractivity (Wildman–Crippen MR) is 106 cm³/mol. The summed E-state index contributed by atoms with van der Waals surface area (Å²) in [4.78, 5) is 12.7. The largest absolute Gasteiger partial charge is 0.489 e. The molecular weight excluding hydrogens is 397 g/mol. The van der Waals surface area contributed by atoms with E-state index in [4.69, 9.17) is 4.74 Å². The molecule has 0 saturated carbocycles. The number of ether oxygens (including phenoxy) is 1. The van der Waals surface area contributed by atoms with Gasteiger partial charge in [0.1, 0.15) is 12.4 Å². The SMILES string of the molecule is Cc1ccc(COc2ccc(C(=O)N3N=C(C(C)C)C[C@@]3(O)C(F)(F)F)cc2)cc1. The van der Waals surface area contributed by atoms with Gasteiger partial charge in [-0.25, -0.2) is 0 Å². The van der Waals surface area contributed by atoms with Crippen molar-refractivity contribution in [1.82, 2.24) is 5.01 Å². The molecule has 160 valence electrons. The summed E-state index contributed by atoms with van der Waals surface area (Å²) in [6, 6.07) is 13.5. The third kappa shape index (κ3) is 4.33. The van der Waals surface area contributed by atoms with E-state index < -0.39 is 24.2 Å². The molecule has 0 aliphatic carbocycles. The van der Waals surface area contributed by atoms with E-state index in [0.717, 1.165) is 11.1 Å². The summed E-state index contributed by atoms with van der Waals surface area (Å²) in [5, 5.41) is 14.2. The highest BCUT2D eigenvalue weighted by atomic mass is 19.4. The molecule has 8 heteroatoms. The van der Waals surface area contributed by atoms with Crippen molar-refractivity contribution in [1.29, 1.82) is 0 Å². The van der Waals surface area contributed by atoms with Crippen LogP contribution in [-0.2, 0) is 6.61 Å². The molecule has 1 amide bonds. The van der Waals surface area contributed by atoms with Gasteiger partial charge in [-0.2, -0.15) is 23.3 Å². The number of carbonyl (C=O) groups excluding carboxylic acids is 1. The zero-order valence-corrected chi connectivity index (χ0v) is 16.9. The molecule has 5 nitrogen and oxygen atoms in total. The van der Waals surface area contributed by atoms with Gasteiger partial charge in [0, 0.05) is 17.7 Å². The first-order valence-corrected chi connectivity index (χ1v) is 9.51. The number of rotatable bonds is 5. The van der Waals surface area contributed by atoms with E-state index in [1.807, 2.05) is 31.2 Å². The average molecular weight is 420 g/mol. The topological polar surface area (TPSA) is 62.1 Å². The normalized spacial score (nSPS) is 19.2. The monoisotopic (exact) mass is 420 g/mol. The van der Waals surface area contributed by atoms with E-state index in [-0.39, 0.29) is 22.2 Å². The maximum absolute atomic E-state index is 13.5. The van der Waals surface area contributed by atoms with Crippen LogP contribution in [0.4, 0.5) is 13.2 Å². The summed E-state index contributed by atoms with van der Waals surface area (Å²) in [6.45, 7) is 5.61. The Balaban J connectivity index is 1.76. The molecule has 1 N–H and O–H groups in total. The maximum atomic E-state index is 13.5. The minimum atomic E-state index is -5.04. The second-order valence-electron chi connectivity index (χ2n) is 7.65. The summed E-state index contributed by atoms with van der Waals surface area (Å²) < 4.78 is 46.2. The molecule has 2 aromatic carbocycles. The number of carbonyl (C=O) groups is 1. The van der Waals surface area contributed by atoms with Crippen LogP contribution < -0.4 is 4.74 Å². The summed E-state index contributed by atoms with van der Waals surface area (Å²) in [6.07, 6.45) is -5.81. The van der Waals surface area contributed by atoms with Crippen LogP contribution in [0, 0.1) is 12.8 Å². The minimum absolute atomic E-state index is 0.0332. The number of aryl methyl sites for hydroxylation is 1. The molecule has 0 bridgehead atoms. The number of nitrogens with zero attached hydrogens (tertiary/aromatic N) is 2. The molecular formula is C22H23F3N2O3. The quantitative estimate of drug-likeness (QED) is 0.764. The second-order valence-corrected chi connectivity index (χ2v) is 7.65. The van der Waals surface area contributed by atoms with Crippen LogP contribution >= 0.6 is 0 Å². The van der Waals surface area contributed by atoms with Gasteiger partial charge in [-0.3, -0.25) is 4.79 Å². The van der Waals surface area contributed by atoms with Crippen LogP contribution in [-0.4, -0.2) is 33.6 Å². The van der Waals surface area contributed by atoms with Gasteiger partial charge in [-0.05, 0) is 42.7 Å². The molecule has 0 radical (unpaired) electrons. The minimum Gasteiger partial charge on any atom is -0.489 e. The van der Waals surface area contributed by atoms with E-state index in [1.165, 1.54) is 24.3 Å². The number of halogens is 3. The van der Waals surface area contributed by atoms with Crippen molar-refractivity contribution in [3.05, 3.63) is 65.2 Å². The van der Waals surface area contributed by atoms with Gasteiger partial charge in [0.2, 0.25) is 0 Å². The number of hydrogen-bond donors (Lipinski definition) is 1. The van der Waals surface area contributed by atoms with Gasteiger partial charge in [0.25, 0.3) is 11.6 Å². The fraction of sp³-hybridized carbons (Fsp3) is 0.364. The number of hydrazone groups is 1. The molecule has 2 aromatic rings. The first-order valence-electron chi connectivity index (χ1n) is 9.51. The fourth-order valence-electron chi connectivity index (χ4n) is 2.99. The van der Waals surface area contributed by atoms with E-state index in [0.29, 0.717) is 12.4 Å². The molecule has 0 saturated heterocycles. The molecule has 1 atom stereocenters. The van der Waals surface area contributed by atoms with Crippen molar-refractivity contribution in [2.24, 2.45) is 11.0 Å². The maximum Gasteiger partial charge on any atom is 0.438 e. The molecule has 0 spiro atoms. The van der Waals surface area contributed by atoms with Crippen LogP contribution in [0.3, 0.4) is 0 Å². The molecule has 3 rings (SSSR count). The lowest BCUT2D eigenvalue weighted by Crippen LogP contribution is -2.56. The Hall–Kier alpha value is -2.87. The molecule has 1 heterocycles. The highest BCUT2D eigenvalue weighted by Crippen LogP contribution is 2.42. The zero-order valence-electron chi connectivity index (χ0n) is 16.9. The molecule has 0 unspecified atom stereocenters. The van der Waals surface area contributed by atoms with E-state index >= 15 is 0 Å². The summed E-state index contributed by atoms with van der Waals surface area (Å²) in [5.41, 5.74) is -1.19. The number of aliphatic hydroxyl groups is 1. The van der Waals surface area contributed by atoms with E-state index in [2.05, 4.69) is 5.10 Å². The lowest BCUT2D eigenvalue weighted by Gasteiger charge is -2.32. The summed E-state index contributed by atoms with van der Waals surface area (Å²) in [7, 11) is 0. The number of hydrogen-bond acceptors (Lipinski definition) is 4. The molecule has 1 aliphatic heterocycles. The lowest BCUT2D eigenvalue weighted by molar-refractivity contribution is -0.297. The van der Waals surface area contributed by atoms with Gasteiger partial charge >= 0.3 is 6.18 Å². The number of amides is 1. The summed E-state index contributed by atoms with van der Waals surface area (Å²) in [5.74, 6) is -0.907. The predicted octanol–water partition coefficient (Wildman–Crippen LogP) is 4.68. The van der Waals surface area contributed by atoms with E-state index in [1.54, 1.807) is 13.8 Å². The van der Waals surface area contributed by atoms with Crippen LogP contribution in [0.25, 0.3) is 0 Å². The molecule has 30 heavy (non-hydrogen) atoms. The highest BCUT2D eigenvalue weighted by Gasteiger charge is 2.63. The number of benzene rings is 2. The Bertz CT molecular complexity index is 938. The molecule has 1 aliphatic rings. The Kier molecular flexibility index (Phi) is 5.90. The van der Waals surface area contributed by atoms with Crippen molar-refractivity contribution in [3.63, 3.8) is 0 Å². The smallest absolute Gasteiger partial charge is 0.438 e. The lowest BCUT2D eigenvalue weighted by atomic mass is 9.99. The van der Waals surface area contributed by atoms with Crippen LogP contribution in [0.2, 0.25) is 0 Å². The highest BCUT2D eigenvalue weighted by molar-refractivity contribution is 5.98. The van der Waals surface area contributed by atoms with Crippen LogP contribution in [0.15, 0.2) is 53.6 Å². The van der Waals surface area contributed by atoms with Crippen LogP contribution in [0.1, 0.15) is 41.8 Å². The van der Waals surface area contributed by atoms with Gasteiger partial charge in [-0.1, -0.05) is 43.7 Å². The van der Waals surface area contributed by atoms with Gasteiger partial charge in [0.15, 0.2) is 0 Å². The van der Waals surface area contributed by atoms with Gasteiger partial charge in [-0.15, -0.1) is 0 Å². The first kappa shape index (κ1) is 21.8. The molecule has 0 fully saturated rings. The van der Waals surface area contributed by atoms with Gasteiger partial charge in [0.05, 0.1) is 0 Å². The van der Waals surface area contributed by atoms with Crippen molar-refractivity contribution in [2.75, 3.05) is 0 Å². The third-order valence-electron chi connectivity index (χ3n) is 4.95. The van der Waals surface area contributed by atoms with E-state index in [9.17, 15) is 23.1 Å². The first-order chi connectivity index (χ1) is 14.0. The zero-order chi connectivity index (χ0) is 22.1. The number of alkyl halides is 3. The van der Waals surface area contributed by atoms with Crippen molar-refractivity contribution in [3.8, 4) is 5.75 Å². The summed E-state index contributed by atoms with van der Waals surface area (Å²) >= 11 is 0.